The molecule has 2 rings (SSSR count). The van der Waals surface area contributed by atoms with Crippen LogP contribution in [0.2, 0.25) is 0 Å². The van der Waals surface area contributed by atoms with Gasteiger partial charge in [0.05, 0.1) is 0 Å². The second-order valence-electron chi connectivity index (χ2n) is 6.54. The van der Waals surface area contributed by atoms with Crippen LogP contribution in [0.15, 0.2) is 35.0 Å². The summed E-state index contributed by atoms with van der Waals surface area (Å²) in [5, 5.41) is 0. The van der Waals surface area contributed by atoms with Crippen molar-refractivity contribution in [2.45, 2.75) is 45.5 Å². The van der Waals surface area contributed by atoms with Crippen LogP contribution >= 0.6 is 0 Å². The average Bonchev–Trinajstić information content (AvgIpc) is 3.40. The summed E-state index contributed by atoms with van der Waals surface area (Å²) in [4.78, 5) is 24.3. The molecule has 1 saturated carbocycles. The average molecular weight is 398 g/mol. The van der Waals surface area contributed by atoms with Crippen LogP contribution in [0.1, 0.15) is 37.8 Å². The third-order valence-electron chi connectivity index (χ3n) is 4.22. The Labute approximate surface area is 162 Å². The van der Waals surface area contributed by atoms with Gasteiger partial charge in [0.15, 0.2) is 0 Å². The van der Waals surface area contributed by atoms with Crippen molar-refractivity contribution in [2.24, 2.45) is 10.7 Å². The molecule has 1 aromatic rings. The van der Waals surface area contributed by atoms with Gasteiger partial charge in [-0.25, -0.2) is 13.2 Å². The van der Waals surface area contributed by atoms with Crippen LogP contribution in [0.3, 0.4) is 0 Å². The molecule has 6 nitrogen and oxygen atoms in total. The lowest BCUT2D eigenvalue weighted by Crippen LogP contribution is -2.39. The fourth-order valence-electron chi connectivity index (χ4n) is 2.45. The van der Waals surface area contributed by atoms with E-state index in [1.54, 1.807) is 13.0 Å². The number of allylic oxidation sites excluding steroid dienone is 1. The van der Waals surface area contributed by atoms with E-state index in [0.717, 1.165) is 6.08 Å². The first-order chi connectivity index (χ1) is 13.1. The van der Waals surface area contributed by atoms with Crippen LogP contribution in [0.4, 0.5) is 13.2 Å². The Kier molecular flexibility index (Phi) is 8.69. The van der Waals surface area contributed by atoms with Crippen molar-refractivity contribution in [2.75, 3.05) is 6.54 Å². The number of hydrogen-bond donors (Lipinski definition) is 3. The number of halogens is 3. The van der Waals surface area contributed by atoms with Crippen molar-refractivity contribution < 1.29 is 22.8 Å². The van der Waals surface area contributed by atoms with E-state index in [2.05, 4.69) is 18.8 Å². The smallest absolute Gasteiger partial charge is 0.285 e. The van der Waals surface area contributed by atoms with Crippen LogP contribution in [0.5, 0.6) is 0 Å². The number of aliphatic imine (C=N–C) groups is 1. The van der Waals surface area contributed by atoms with Gasteiger partial charge in [-0.05, 0) is 61.4 Å². The first-order valence-corrected chi connectivity index (χ1v) is 8.70. The maximum Gasteiger partial charge on any atom is 0.285 e. The number of rotatable bonds is 7. The van der Waals surface area contributed by atoms with Crippen LogP contribution in [-0.4, -0.2) is 31.0 Å². The summed E-state index contributed by atoms with van der Waals surface area (Å²) in [6, 6.07) is 5.08. The molecule has 2 amide bonds. The molecule has 154 valence electrons. The minimum atomic E-state index is -2.81. The van der Waals surface area contributed by atoms with Gasteiger partial charge in [-0.1, -0.05) is 13.0 Å². The fourth-order valence-corrected chi connectivity index (χ4v) is 2.45. The normalized spacial score (nSPS) is 15.4. The summed E-state index contributed by atoms with van der Waals surface area (Å²) in [5.74, 6) is -1.000. The lowest BCUT2D eigenvalue weighted by atomic mass is 9.94. The molecule has 0 radical (unpaired) electrons. The SMILES string of the molecule is CCN=C(/C=C(\N)C(=O)NNC=O)C(F)F.Cc1ccc(F)cc1C1(C)CC1. The molecular weight excluding hydrogens is 373 g/mol. The molecule has 0 aliphatic heterocycles. The molecule has 0 bridgehead atoms. The number of carbonyl (C=O) groups is 2. The number of hydrazine groups is 1. The maximum atomic E-state index is 12.9. The van der Waals surface area contributed by atoms with E-state index in [0.29, 0.717) is 0 Å². The number of hydrogen-bond acceptors (Lipinski definition) is 4. The number of carbonyl (C=O) groups excluding carboxylic acids is 2. The molecule has 1 aliphatic rings. The molecular formula is C19H25F3N4O2. The largest absolute Gasteiger partial charge is 0.394 e. The van der Waals surface area contributed by atoms with Gasteiger partial charge in [-0.2, -0.15) is 0 Å². The van der Waals surface area contributed by atoms with Crippen molar-refractivity contribution in [3.63, 3.8) is 0 Å². The molecule has 4 N–H and O–H groups in total. The van der Waals surface area contributed by atoms with Gasteiger partial charge in [0.2, 0.25) is 6.41 Å². The molecule has 1 fully saturated rings. The second kappa shape index (κ2) is 10.5. The molecule has 0 spiro atoms. The zero-order chi connectivity index (χ0) is 21.3. The number of nitrogens with one attached hydrogen (secondary N) is 2. The Morgan fingerprint density at radius 1 is 1.39 bits per heavy atom. The quantitative estimate of drug-likeness (QED) is 0.285. The Morgan fingerprint density at radius 3 is 2.54 bits per heavy atom. The Morgan fingerprint density at radius 2 is 2.04 bits per heavy atom. The summed E-state index contributed by atoms with van der Waals surface area (Å²) >= 11 is 0. The van der Waals surface area contributed by atoms with Crippen molar-refractivity contribution in [1.29, 1.82) is 0 Å². The Balaban J connectivity index is 0.000000289. The molecule has 1 aromatic carbocycles. The molecule has 9 heteroatoms. The highest BCUT2D eigenvalue weighted by atomic mass is 19.3. The van der Waals surface area contributed by atoms with Gasteiger partial charge >= 0.3 is 0 Å². The lowest BCUT2D eigenvalue weighted by Gasteiger charge is -2.11. The minimum absolute atomic E-state index is 0.108. The van der Waals surface area contributed by atoms with Crippen LogP contribution in [0.25, 0.3) is 0 Å². The molecule has 0 aromatic heterocycles. The fraction of sp³-hybridized carbons (Fsp3) is 0.421. The molecule has 0 atom stereocenters. The lowest BCUT2D eigenvalue weighted by molar-refractivity contribution is -0.121. The van der Waals surface area contributed by atoms with Gasteiger partial charge in [-0.15, -0.1) is 0 Å². The van der Waals surface area contributed by atoms with Crippen LogP contribution in [0, 0.1) is 12.7 Å². The van der Waals surface area contributed by atoms with Crippen molar-refractivity contribution in [1.82, 2.24) is 10.9 Å². The number of nitrogens with two attached hydrogens (primary N) is 1. The van der Waals surface area contributed by atoms with E-state index < -0.39 is 23.7 Å². The predicted molar refractivity (Wildman–Crippen MR) is 101 cm³/mol. The summed E-state index contributed by atoms with van der Waals surface area (Å²) in [6.45, 7) is 5.98. The highest BCUT2D eigenvalue weighted by molar-refractivity contribution is 6.04. The molecule has 1 aliphatic carbocycles. The number of aryl methyl sites for hydroxylation is 1. The first kappa shape index (κ1) is 23.2. The van der Waals surface area contributed by atoms with E-state index in [1.807, 2.05) is 16.9 Å². The number of amides is 2. The number of alkyl halides is 2. The Bertz CT molecular complexity index is 760. The second-order valence-corrected chi connectivity index (χ2v) is 6.54. The van der Waals surface area contributed by atoms with Crippen molar-refractivity contribution in [3.05, 3.63) is 46.9 Å². The van der Waals surface area contributed by atoms with E-state index in [1.165, 1.54) is 30.0 Å². The van der Waals surface area contributed by atoms with Crippen LogP contribution < -0.4 is 16.6 Å². The summed E-state index contributed by atoms with van der Waals surface area (Å²) in [6.07, 6.45) is 0.564. The monoisotopic (exact) mass is 398 g/mol. The van der Waals surface area contributed by atoms with Crippen molar-refractivity contribution in [3.8, 4) is 0 Å². The van der Waals surface area contributed by atoms with Gasteiger partial charge in [0.1, 0.15) is 17.2 Å². The third kappa shape index (κ3) is 7.05. The first-order valence-electron chi connectivity index (χ1n) is 8.70. The van der Waals surface area contributed by atoms with Crippen LogP contribution in [-0.2, 0) is 15.0 Å². The zero-order valence-corrected chi connectivity index (χ0v) is 16.1. The maximum absolute atomic E-state index is 12.9. The molecule has 28 heavy (non-hydrogen) atoms. The van der Waals surface area contributed by atoms with E-state index >= 15 is 0 Å². The van der Waals surface area contributed by atoms with E-state index in [4.69, 9.17) is 5.73 Å². The van der Waals surface area contributed by atoms with E-state index in [-0.39, 0.29) is 24.2 Å². The van der Waals surface area contributed by atoms with Gasteiger partial charge in [0.25, 0.3) is 12.3 Å². The highest BCUT2D eigenvalue weighted by Crippen LogP contribution is 2.48. The van der Waals surface area contributed by atoms with Gasteiger partial charge in [0, 0.05) is 6.54 Å². The third-order valence-corrected chi connectivity index (χ3v) is 4.22. The number of nitrogens with zero attached hydrogens (tertiary/aromatic N) is 1. The zero-order valence-electron chi connectivity index (χ0n) is 16.1. The molecule has 0 saturated heterocycles. The summed E-state index contributed by atoms with van der Waals surface area (Å²) in [5.41, 5.74) is 10.6. The van der Waals surface area contributed by atoms with Gasteiger partial charge < -0.3 is 5.73 Å². The standard InChI is InChI=1S/C11H13F.C8H12F2N4O2/c1-8-3-4-9(12)7-10(8)11(2)5-6-11;1-2-12-6(7(9)10)3-5(11)8(16)14-13-4-15/h3-4,7H,5-6H2,1-2H3;3-4,7H,2,11H2,1H3,(H,13,15)(H,14,16)/b;5-3-,12-6?. The highest BCUT2D eigenvalue weighted by Gasteiger charge is 2.40. The van der Waals surface area contributed by atoms with Gasteiger partial charge in [-0.3, -0.25) is 25.4 Å². The summed E-state index contributed by atoms with van der Waals surface area (Å²) in [7, 11) is 0. The summed E-state index contributed by atoms with van der Waals surface area (Å²) < 4.78 is 37.6. The van der Waals surface area contributed by atoms with E-state index in [9.17, 15) is 22.8 Å². The van der Waals surface area contributed by atoms with Crippen molar-refractivity contribution >= 4 is 18.0 Å². The minimum Gasteiger partial charge on any atom is -0.394 e. The topological polar surface area (TPSA) is 96.6 Å². The number of benzene rings is 1. The molecule has 0 heterocycles. The predicted octanol–water partition coefficient (Wildman–Crippen LogP) is 2.52. The Hall–Kier alpha value is -2.84. The molecule has 0 unspecified atom stereocenters.